The second kappa shape index (κ2) is 4.26. The normalized spacial score (nSPS) is 10.5. The van der Waals surface area contributed by atoms with Crippen LogP contribution in [0.4, 0.5) is 11.4 Å². The summed E-state index contributed by atoms with van der Waals surface area (Å²) in [6.07, 6.45) is 0. The molecule has 0 radical (unpaired) electrons. The Labute approximate surface area is 92.2 Å². The fraction of sp³-hybridized carbons (Fsp3) is 0.400. The van der Waals surface area contributed by atoms with Crippen LogP contribution in [-0.4, -0.2) is 9.85 Å². The van der Waals surface area contributed by atoms with Gasteiger partial charge in [0, 0.05) is 11.6 Å². The highest BCUT2D eigenvalue weighted by molar-refractivity contribution is 5.54. The van der Waals surface area contributed by atoms with Gasteiger partial charge in [0.2, 0.25) is 0 Å². The molecule has 0 heterocycles. The van der Waals surface area contributed by atoms with Crippen molar-refractivity contribution in [2.75, 3.05) is 0 Å². The van der Waals surface area contributed by atoms with E-state index in [2.05, 4.69) is 0 Å². The monoisotopic (exact) mass is 224 g/mol. The van der Waals surface area contributed by atoms with Crippen molar-refractivity contribution in [3.63, 3.8) is 0 Å². The number of rotatable bonds is 3. The molecule has 6 nitrogen and oxygen atoms in total. The predicted octanol–water partition coefficient (Wildman–Crippen LogP) is 2.93. The Morgan fingerprint density at radius 2 is 1.69 bits per heavy atom. The summed E-state index contributed by atoms with van der Waals surface area (Å²) in [6, 6.07) is 2.38. The molecule has 0 unspecified atom stereocenters. The van der Waals surface area contributed by atoms with Gasteiger partial charge in [-0.05, 0) is 18.4 Å². The van der Waals surface area contributed by atoms with Gasteiger partial charge in [-0.3, -0.25) is 20.2 Å². The van der Waals surface area contributed by atoms with E-state index in [0.29, 0.717) is 11.1 Å². The van der Waals surface area contributed by atoms with Crippen LogP contribution >= 0.6 is 0 Å². The Bertz CT molecular complexity index is 454. The molecule has 16 heavy (non-hydrogen) atoms. The molecular formula is C10H12N2O4. The second-order valence-corrected chi connectivity index (χ2v) is 3.86. The zero-order valence-electron chi connectivity index (χ0n) is 9.26. The molecule has 86 valence electrons. The minimum atomic E-state index is -0.621. The summed E-state index contributed by atoms with van der Waals surface area (Å²) in [5, 5.41) is 21.4. The zero-order valence-corrected chi connectivity index (χ0v) is 9.26. The van der Waals surface area contributed by atoms with Crippen molar-refractivity contribution in [2.24, 2.45) is 0 Å². The maximum Gasteiger partial charge on any atom is 0.279 e. The van der Waals surface area contributed by atoms with Gasteiger partial charge in [-0.15, -0.1) is 0 Å². The van der Waals surface area contributed by atoms with E-state index in [0.717, 1.165) is 6.07 Å². The third-order valence-electron chi connectivity index (χ3n) is 2.33. The highest BCUT2D eigenvalue weighted by Gasteiger charge is 2.23. The number of aryl methyl sites for hydroxylation is 1. The number of nitro groups is 2. The van der Waals surface area contributed by atoms with Crippen LogP contribution in [0.15, 0.2) is 12.1 Å². The number of hydrogen-bond acceptors (Lipinski definition) is 4. The molecule has 0 aliphatic rings. The first-order chi connectivity index (χ1) is 7.34. The van der Waals surface area contributed by atoms with E-state index in [1.807, 2.05) is 13.8 Å². The zero-order chi connectivity index (χ0) is 12.5. The highest BCUT2D eigenvalue weighted by Crippen LogP contribution is 2.33. The van der Waals surface area contributed by atoms with E-state index in [4.69, 9.17) is 0 Å². The quantitative estimate of drug-likeness (QED) is 0.583. The minimum absolute atomic E-state index is 0.0406. The molecular weight excluding hydrogens is 212 g/mol. The van der Waals surface area contributed by atoms with E-state index in [9.17, 15) is 20.2 Å². The fourth-order valence-corrected chi connectivity index (χ4v) is 1.77. The van der Waals surface area contributed by atoms with Crippen LogP contribution in [0.25, 0.3) is 0 Å². The molecule has 0 bridgehead atoms. The third kappa shape index (κ3) is 2.16. The maximum absolute atomic E-state index is 10.8. The summed E-state index contributed by atoms with van der Waals surface area (Å²) in [4.78, 5) is 20.2. The summed E-state index contributed by atoms with van der Waals surface area (Å²) >= 11 is 0. The summed E-state index contributed by atoms with van der Waals surface area (Å²) < 4.78 is 0. The number of benzene rings is 1. The van der Waals surface area contributed by atoms with E-state index in [-0.39, 0.29) is 17.3 Å². The SMILES string of the molecule is Cc1cc([N+](=O)[O-])cc([N+](=O)[O-])c1C(C)C. The van der Waals surface area contributed by atoms with Crippen molar-refractivity contribution in [2.45, 2.75) is 26.7 Å². The van der Waals surface area contributed by atoms with Crippen LogP contribution in [0.1, 0.15) is 30.9 Å². The van der Waals surface area contributed by atoms with Crippen LogP contribution in [-0.2, 0) is 0 Å². The molecule has 0 spiro atoms. The lowest BCUT2D eigenvalue weighted by atomic mass is 9.95. The van der Waals surface area contributed by atoms with Gasteiger partial charge in [-0.1, -0.05) is 13.8 Å². The lowest BCUT2D eigenvalue weighted by Crippen LogP contribution is -2.02. The summed E-state index contributed by atoms with van der Waals surface area (Å²) in [6.45, 7) is 5.29. The molecule has 1 rings (SSSR count). The number of non-ortho nitro benzene ring substituents is 1. The van der Waals surface area contributed by atoms with Crippen molar-refractivity contribution in [3.8, 4) is 0 Å². The largest absolute Gasteiger partial charge is 0.279 e. The van der Waals surface area contributed by atoms with Gasteiger partial charge in [0.25, 0.3) is 11.4 Å². The maximum atomic E-state index is 10.8. The summed E-state index contributed by atoms with van der Waals surface area (Å²) in [5.74, 6) is -0.0406. The van der Waals surface area contributed by atoms with Gasteiger partial charge >= 0.3 is 0 Å². The Morgan fingerprint density at radius 3 is 2.06 bits per heavy atom. The predicted molar refractivity (Wildman–Crippen MR) is 58.6 cm³/mol. The van der Waals surface area contributed by atoms with Gasteiger partial charge in [-0.2, -0.15) is 0 Å². The molecule has 1 aromatic carbocycles. The Kier molecular flexibility index (Phi) is 3.22. The standard InChI is InChI=1S/C10H12N2O4/c1-6(2)10-7(3)4-8(11(13)14)5-9(10)12(15)16/h4-6H,1-3H3. The smallest absolute Gasteiger partial charge is 0.258 e. The molecule has 0 fully saturated rings. The molecule has 0 atom stereocenters. The van der Waals surface area contributed by atoms with E-state index in [1.165, 1.54) is 6.07 Å². The van der Waals surface area contributed by atoms with Crippen molar-refractivity contribution >= 4 is 11.4 Å². The van der Waals surface area contributed by atoms with Crippen LogP contribution in [0.5, 0.6) is 0 Å². The van der Waals surface area contributed by atoms with Gasteiger partial charge in [0.1, 0.15) is 0 Å². The average molecular weight is 224 g/mol. The molecule has 1 aromatic rings. The Hall–Kier alpha value is -1.98. The van der Waals surface area contributed by atoms with E-state index >= 15 is 0 Å². The molecule has 0 aliphatic carbocycles. The molecule has 0 saturated heterocycles. The van der Waals surface area contributed by atoms with Crippen molar-refractivity contribution in [1.82, 2.24) is 0 Å². The van der Waals surface area contributed by atoms with Crippen molar-refractivity contribution in [3.05, 3.63) is 43.5 Å². The Balaban J connectivity index is 3.52. The van der Waals surface area contributed by atoms with Crippen LogP contribution in [0.2, 0.25) is 0 Å². The lowest BCUT2D eigenvalue weighted by molar-refractivity contribution is -0.394. The summed E-state index contributed by atoms with van der Waals surface area (Å²) in [5.41, 5.74) is 0.710. The number of nitrogens with zero attached hydrogens (tertiary/aromatic N) is 2. The second-order valence-electron chi connectivity index (χ2n) is 3.86. The first kappa shape index (κ1) is 12.1. The van der Waals surface area contributed by atoms with Crippen molar-refractivity contribution in [1.29, 1.82) is 0 Å². The third-order valence-corrected chi connectivity index (χ3v) is 2.33. The molecule has 0 aromatic heterocycles. The highest BCUT2D eigenvalue weighted by atomic mass is 16.6. The molecule has 0 N–H and O–H groups in total. The molecule has 0 aliphatic heterocycles. The van der Waals surface area contributed by atoms with Crippen LogP contribution in [0.3, 0.4) is 0 Å². The molecule has 6 heteroatoms. The number of nitro benzene ring substituents is 2. The molecule has 0 saturated carbocycles. The van der Waals surface area contributed by atoms with Gasteiger partial charge in [-0.25, -0.2) is 0 Å². The first-order valence-electron chi connectivity index (χ1n) is 4.78. The van der Waals surface area contributed by atoms with E-state index in [1.54, 1.807) is 6.92 Å². The Morgan fingerprint density at radius 1 is 1.12 bits per heavy atom. The van der Waals surface area contributed by atoms with Gasteiger partial charge in [0.15, 0.2) is 0 Å². The molecule has 0 amide bonds. The number of hydrogen-bond donors (Lipinski definition) is 0. The topological polar surface area (TPSA) is 86.3 Å². The minimum Gasteiger partial charge on any atom is -0.258 e. The van der Waals surface area contributed by atoms with Crippen LogP contribution < -0.4 is 0 Å². The van der Waals surface area contributed by atoms with E-state index < -0.39 is 9.85 Å². The van der Waals surface area contributed by atoms with Crippen molar-refractivity contribution < 1.29 is 9.85 Å². The van der Waals surface area contributed by atoms with Gasteiger partial charge < -0.3 is 0 Å². The fourth-order valence-electron chi connectivity index (χ4n) is 1.77. The first-order valence-corrected chi connectivity index (χ1v) is 4.78. The summed E-state index contributed by atoms with van der Waals surface area (Å²) in [7, 11) is 0. The lowest BCUT2D eigenvalue weighted by Gasteiger charge is -2.09. The van der Waals surface area contributed by atoms with Gasteiger partial charge in [0.05, 0.1) is 15.9 Å². The average Bonchev–Trinajstić information content (AvgIpc) is 2.15. The van der Waals surface area contributed by atoms with Crippen LogP contribution in [0, 0.1) is 27.2 Å².